The van der Waals surface area contributed by atoms with Crippen LogP contribution in [0.25, 0.3) is 6.08 Å². The molecule has 0 aromatic heterocycles. The summed E-state index contributed by atoms with van der Waals surface area (Å²) in [6, 6.07) is 2.19. The summed E-state index contributed by atoms with van der Waals surface area (Å²) in [5.74, 6) is -4.13. The number of benzene rings is 1. The lowest BCUT2D eigenvalue weighted by Crippen LogP contribution is -2.41. The van der Waals surface area contributed by atoms with E-state index < -0.39 is 40.8 Å². The summed E-state index contributed by atoms with van der Waals surface area (Å²) in [6.45, 7) is 2.69. The van der Waals surface area contributed by atoms with Crippen LogP contribution in [0.2, 0.25) is 0 Å². The van der Waals surface area contributed by atoms with Gasteiger partial charge < -0.3 is 14.6 Å². The number of cyclic esters (lactones) is 2. The zero-order valence-electron chi connectivity index (χ0n) is 11.5. The molecule has 0 radical (unpaired) electrons. The van der Waals surface area contributed by atoms with Crippen LogP contribution in [0.15, 0.2) is 23.8 Å². The molecule has 0 saturated carbocycles. The second-order valence-corrected chi connectivity index (χ2v) is 5.05. The third-order valence-corrected chi connectivity index (χ3v) is 2.70. The first-order valence-corrected chi connectivity index (χ1v) is 6.07. The molecule has 8 heteroatoms. The Hall–Kier alpha value is -2.51. The molecule has 1 fully saturated rings. The van der Waals surface area contributed by atoms with E-state index in [0.29, 0.717) is 12.1 Å². The number of esters is 2. The molecule has 0 spiro atoms. The normalized spacial score (nSPS) is 17.8. The number of phenolic OH excluding ortho intramolecular Hbond substituents is 1. The van der Waals surface area contributed by atoms with E-state index in [0.717, 1.165) is 12.1 Å². The van der Waals surface area contributed by atoms with Crippen LogP contribution in [0.4, 0.5) is 13.2 Å². The van der Waals surface area contributed by atoms with Gasteiger partial charge in [0.05, 0.1) is 5.56 Å². The minimum Gasteiger partial charge on any atom is -0.508 e. The van der Waals surface area contributed by atoms with Crippen molar-refractivity contribution < 1.29 is 37.3 Å². The lowest BCUT2D eigenvalue weighted by atomic mass is 10.1. The quantitative estimate of drug-likeness (QED) is 0.490. The Balaban J connectivity index is 2.43. The first-order chi connectivity index (χ1) is 9.98. The van der Waals surface area contributed by atoms with Crippen molar-refractivity contribution in [2.24, 2.45) is 0 Å². The van der Waals surface area contributed by atoms with Crippen molar-refractivity contribution in [2.45, 2.75) is 25.8 Å². The maximum absolute atomic E-state index is 12.7. The molecule has 1 aliphatic rings. The number of carbonyl (C=O) groups is 2. The molecule has 1 aromatic carbocycles. The minimum atomic E-state index is -4.68. The largest absolute Gasteiger partial charge is 0.508 e. The number of halogens is 3. The summed E-state index contributed by atoms with van der Waals surface area (Å²) in [6.07, 6.45) is -3.81. The lowest BCUT2D eigenvalue weighted by Gasteiger charge is -2.29. The SMILES string of the molecule is CC1(C)OC(=O)C(=Cc2cc(O)cc(C(F)(F)F)c2)C(=O)O1. The van der Waals surface area contributed by atoms with Gasteiger partial charge in [-0.25, -0.2) is 9.59 Å². The second-order valence-electron chi connectivity index (χ2n) is 5.05. The van der Waals surface area contributed by atoms with Crippen molar-refractivity contribution in [1.29, 1.82) is 0 Å². The van der Waals surface area contributed by atoms with Gasteiger partial charge >= 0.3 is 18.1 Å². The van der Waals surface area contributed by atoms with E-state index in [1.54, 1.807) is 0 Å². The van der Waals surface area contributed by atoms with E-state index in [9.17, 15) is 27.9 Å². The van der Waals surface area contributed by atoms with E-state index in [2.05, 4.69) is 0 Å². The summed E-state index contributed by atoms with van der Waals surface area (Å²) >= 11 is 0. The fourth-order valence-corrected chi connectivity index (χ4v) is 1.83. The molecule has 0 amide bonds. The Morgan fingerprint density at radius 3 is 2.14 bits per heavy atom. The van der Waals surface area contributed by atoms with Gasteiger partial charge in [-0.2, -0.15) is 13.2 Å². The summed E-state index contributed by atoms with van der Waals surface area (Å²) in [7, 11) is 0. The fraction of sp³-hybridized carbons (Fsp3) is 0.286. The van der Waals surface area contributed by atoms with Gasteiger partial charge in [-0.3, -0.25) is 0 Å². The lowest BCUT2D eigenvalue weighted by molar-refractivity contribution is -0.222. The van der Waals surface area contributed by atoms with Gasteiger partial charge in [0.2, 0.25) is 0 Å². The molecule has 0 unspecified atom stereocenters. The Morgan fingerprint density at radius 2 is 1.64 bits per heavy atom. The molecule has 1 heterocycles. The van der Waals surface area contributed by atoms with Crippen LogP contribution >= 0.6 is 0 Å². The number of aromatic hydroxyl groups is 1. The third kappa shape index (κ3) is 3.38. The highest BCUT2D eigenvalue weighted by Crippen LogP contribution is 2.33. The summed E-state index contributed by atoms with van der Waals surface area (Å²) in [4.78, 5) is 23.4. The van der Waals surface area contributed by atoms with Gasteiger partial charge in [-0.15, -0.1) is 0 Å². The van der Waals surface area contributed by atoms with Crippen LogP contribution in [0.3, 0.4) is 0 Å². The smallest absolute Gasteiger partial charge is 0.416 e. The van der Waals surface area contributed by atoms with E-state index >= 15 is 0 Å². The molecule has 118 valence electrons. The molecular formula is C14H11F3O5. The number of hydrogen-bond acceptors (Lipinski definition) is 5. The number of alkyl halides is 3. The van der Waals surface area contributed by atoms with Crippen LogP contribution in [0, 0.1) is 0 Å². The number of ether oxygens (including phenoxy) is 2. The average molecular weight is 316 g/mol. The molecule has 1 aromatic rings. The Bertz CT molecular complexity index is 652. The molecule has 2 rings (SSSR count). The molecule has 0 bridgehead atoms. The van der Waals surface area contributed by atoms with E-state index in [-0.39, 0.29) is 5.56 Å². The summed E-state index contributed by atoms with van der Waals surface area (Å²) < 4.78 is 47.6. The number of rotatable bonds is 1. The van der Waals surface area contributed by atoms with Gasteiger partial charge in [0.15, 0.2) is 0 Å². The number of phenols is 1. The van der Waals surface area contributed by atoms with Crippen LogP contribution in [0.5, 0.6) is 5.75 Å². The first kappa shape index (κ1) is 15.9. The highest BCUT2D eigenvalue weighted by molar-refractivity contribution is 6.18. The Labute approximate surface area is 122 Å². The number of carbonyl (C=O) groups excluding carboxylic acids is 2. The van der Waals surface area contributed by atoms with Gasteiger partial charge in [0.25, 0.3) is 5.79 Å². The topological polar surface area (TPSA) is 72.8 Å². The molecule has 1 N–H and O–H groups in total. The summed E-state index contributed by atoms with van der Waals surface area (Å²) in [5.41, 5.74) is -1.86. The molecule has 0 aliphatic carbocycles. The van der Waals surface area contributed by atoms with Crippen LogP contribution in [0.1, 0.15) is 25.0 Å². The predicted molar refractivity (Wildman–Crippen MR) is 67.3 cm³/mol. The van der Waals surface area contributed by atoms with Gasteiger partial charge in [0.1, 0.15) is 11.3 Å². The zero-order chi connectivity index (χ0) is 16.7. The van der Waals surface area contributed by atoms with Crippen LogP contribution in [-0.4, -0.2) is 22.8 Å². The first-order valence-electron chi connectivity index (χ1n) is 6.07. The van der Waals surface area contributed by atoms with Gasteiger partial charge in [0, 0.05) is 13.8 Å². The van der Waals surface area contributed by atoms with Crippen molar-refractivity contribution in [2.75, 3.05) is 0 Å². The second kappa shape index (κ2) is 5.04. The zero-order valence-corrected chi connectivity index (χ0v) is 11.5. The van der Waals surface area contributed by atoms with Crippen molar-refractivity contribution in [1.82, 2.24) is 0 Å². The number of hydrogen-bond donors (Lipinski definition) is 1. The average Bonchev–Trinajstić information content (AvgIpc) is 2.31. The molecule has 1 saturated heterocycles. The van der Waals surface area contributed by atoms with E-state index in [1.165, 1.54) is 13.8 Å². The fourth-order valence-electron chi connectivity index (χ4n) is 1.83. The van der Waals surface area contributed by atoms with Crippen molar-refractivity contribution in [3.63, 3.8) is 0 Å². The van der Waals surface area contributed by atoms with E-state index in [1.807, 2.05) is 0 Å². The molecule has 5 nitrogen and oxygen atoms in total. The van der Waals surface area contributed by atoms with Crippen molar-refractivity contribution in [3.8, 4) is 5.75 Å². The predicted octanol–water partition coefficient (Wildman–Crippen LogP) is 2.63. The van der Waals surface area contributed by atoms with Gasteiger partial charge in [-0.05, 0) is 29.8 Å². The highest BCUT2D eigenvalue weighted by atomic mass is 19.4. The highest BCUT2D eigenvalue weighted by Gasteiger charge is 2.39. The third-order valence-electron chi connectivity index (χ3n) is 2.70. The molecule has 1 aliphatic heterocycles. The molecule has 22 heavy (non-hydrogen) atoms. The van der Waals surface area contributed by atoms with E-state index in [4.69, 9.17) is 9.47 Å². The maximum atomic E-state index is 12.7. The van der Waals surface area contributed by atoms with Crippen LogP contribution in [-0.2, 0) is 25.2 Å². The Kier molecular flexibility index (Phi) is 3.64. The molecule has 0 atom stereocenters. The van der Waals surface area contributed by atoms with Crippen molar-refractivity contribution >= 4 is 18.0 Å². The van der Waals surface area contributed by atoms with Gasteiger partial charge in [-0.1, -0.05) is 0 Å². The monoisotopic (exact) mass is 316 g/mol. The Morgan fingerprint density at radius 1 is 1.09 bits per heavy atom. The standard InChI is InChI=1S/C14H11F3O5/c1-13(2)21-11(19)10(12(20)22-13)5-7-3-8(14(15,16)17)6-9(18)4-7/h3-6,18H,1-2H3. The minimum absolute atomic E-state index is 0.184. The van der Waals surface area contributed by atoms with Crippen LogP contribution < -0.4 is 0 Å². The molecular weight excluding hydrogens is 305 g/mol. The maximum Gasteiger partial charge on any atom is 0.416 e. The summed E-state index contributed by atoms with van der Waals surface area (Å²) in [5, 5.41) is 9.34. The van der Waals surface area contributed by atoms with Crippen molar-refractivity contribution in [3.05, 3.63) is 34.9 Å².